The van der Waals surface area contributed by atoms with Crippen molar-refractivity contribution in [2.24, 2.45) is 0 Å². The Morgan fingerprint density at radius 3 is 1.33 bits per heavy atom. The Morgan fingerprint density at radius 2 is 1.20 bits per heavy atom. The van der Waals surface area contributed by atoms with Gasteiger partial charge in [-0.15, -0.1) is 0 Å². The molecule has 94 valence electrons. The average Bonchev–Trinajstić information content (AvgIpc) is 2.15. The molecule has 0 spiro atoms. The van der Waals surface area contributed by atoms with Crippen molar-refractivity contribution < 1.29 is 35.2 Å². The Morgan fingerprint density at radius 1 is 0.933 bits per heavy atom. The van der Waals surface area contributed by atoms with Crippen molar-refractivity contribution in [1.82, 2.24) is 0 Å². The Bertz CT molecular complexity index is 354. The number of hydrogen-bond donors (Lipinski definition) is 0. The molecule has 0 saturated heterocycles. The molecule has 7 heteroatoms. The molecule has 0 aromatic carbocycles. The van der Waals surface area contributed by atoms with Crippen LogP contribution in [0.4, 0.5) is 0 Å². The van der Waals surface area contributed by atoms with E-state index in [1.165, 1.54) is 20.8 Å². The van der Waals surface area contributed by atoms with Crippen molar-refractivity contribution >= 4 is 19.7 Å². The molecule has 0 aromatic heterocycles. The van der Waals surface area contributed by atoms with Crippen LogP contribution in [0.15, 0.2) is 0 Å². The van der Waals surface area contributed by atoms with E-state index in [-0.39, 0.29) is 36.3 Å². The first kappa shape index (κ1) is 17.8. The van der Waals surface area contributed by atoms with Crippen molar-refractivity contribution in [3.05, 3.63) is 0 Å². The van der Waals surface area contributed by atoms with Crippen molar-refractivity contribution in [2.45, 2.75) is 38.2 Å². The lowest BCUT2D eigenvalue weighted by Crippen LogP contribution is -3.00. The standard InChI is InChI=1S/C8H18O4S2.BrH/c1-5-8(4,13(9,10)6-2)14(11,12)7-3;/h5-7H2,1-4H3;1H. The predicted molar refractivity (Wildman–Crippen MR) is 58.7 cm³/mol. The Kier molecular flexibility index (Phi) is 6.67. The smallest absolute Gasteiger partial charge is 1.00 e. The van der Waals surface area contributed by atoms with Gasteiger partial charge >= 0.3 is 1.43 Å². The quantitative estimate of drug-likeness (QED) is 0.593. The summed E-state index contributed by atoms with van der Waals surface area (Å²) in [5.41, 5.74) is 0. The third-order valence-electron chi connectivity index (χ3n) is 2.72. The molecular weight excluding hydrogens is 304 g/mol. The molecule has 0 aromatic rings. The van der Waals surface area contributed by atoms with E-state index in [9.17, 15) is 16.8 Å². The zero-order valence-electron chi connectivity index (χ0n) is 10.4. The highest BCUT2D eigenvalue weighted by molar-refractivity contribution is 8.10. The van der Waals surface area contributed by atoms with E-state index in [1.54, 1.807) is 6.92 Å². The van der Waals surface area contributed by atoms with Crippen LogP contribution in [0.3, 0.4) is 0 Å². The number of rotatable bonds is 5. The van der Waals surface area contributed by atoms with Gasteiger partial charge in [-0.05, 0) is 13.3 Å². The van der Waals surface area contributed by atoms with Gasteiger partial charge in [0.05, 0.1) is 0 Å². The first-order valence-corrected chi connectivity index (χ1v) is 7.93. The lowest BCUT2D eigenvalue weighted by atomic mass is 10.4. The highest BCUT2D eigenvalue weighted by Gasteiger charge is 2.47. The Hall–Kier alpha value is 0.380. The van der Waals surface area contributed by atoms with E-state index in [4.69, 9.17) is 0 Å². The fourth-order valence-corrected chi connectivity index (χ4v) is 5.60. The van der Waals surface area contributed by atoms with Crippen LogP contribution in [0, 0.1) is 0 Å². The molecule has 0 amide bonds. The Balaban J connectivity index is -0.000000845. The third kappa shape index (κ3) is 2.94. The molecule has 4 nitrogen and oxygen atoms in total. The summed E-state index contributed by atoms with van der Waals surface area (Å²) in [6.45, 7) is 5.81. The molecule has 0 saturated carbocycles. The topological polar surface area (TPSA) is 68.3 Å². The van der Waals surface area contributed by atoms with Crippen molar-refractivity contribution in [2.75, 3.05) is 11.5 Å². The largest absolute Gasteiger partial charge is 1.00 e. The zero-order chi connectivity index (χ0) is 11.6. The van der Waals surface area contributed by atoms with Crippen LogP contribution in [0.5, 0.6) is 0 Å². The van der Waals surface area contributed by atoms with Gasteiger partial charge in [-0.25, -0.2) is 16.8 Å². The molecule has 0 radical (unpaired) electrons. The molecule has 0 aliphatic heterocycles. The summed E-state index contributed by atoms with van der Waals surface area (Å²) in [7, 11) is -7.14. The summed E-state index contributed by atoms with van der Waals surface area (Å²) in [5, 5.41) is 0. The van der Waals surface area contributed by atoms with Gasteiger partial charge in [0.2, 0.25) is 0 Å². The summed E-state index contributed by atoms with van der Waals surface area (Å²) in [6, 6.07) is 0. The molecule has 0 bridgehead atoms. The van der Waals surface area contributed by atoms with Crippen molar-refractivity contribution in [3.63, 3.8) is 0 Å². The SMILES string of the molecule is CCC(C)(S(=O)(=O)CC)S(=O)(=O)CC.[Br-].[H+]. The maximum absolute atomic E-state index is 11.7. The molecule has 0 atom stereocenters. The van der Waals surface area contributed by atoms with Gasteiger partial charge < -0.3 is 17.0 Å². The molecule has 0 fully saturated rings. The minimum absolute atomic E-state index is 0. The van der Waals surface area contributed by atoms with Crippen LogP contribution >= 0.6 is 0 Å². The number of halogens is 1. The van der Waals surface area contributed by atoms with Crippen molar-refractivity contribution in [1.29, 1.82) is 0 Å². The van der Waals surface area contributed by atoms with Crippen LogP contribution in [-0.2, 0) is 19.7 Å². The first-order chi connectivity index (χ1) is 6.18. The van der Waals surface area contributed by atoms with Gasteiger partial charge in [0.25, 0.3) is 0 Å². The van der Waals surface area contributed by atoms with Crippen LogP contribution in [0.1, 0.15) is 35.5 Å². The van der Waals surface area contributed by atoms with Crippen molar-refractivity contribution in [3.8, 4) is 0 Å². The van der Waals surface area contributed by atoms with Gasteiger partial charge in [-0.1, -0.05) is 20.8 Å². The fraction of sp³-hybridized carbons (Fsp3) is 1.00. The minimum Gasteiger partial charge on any atom is -1.00 e. The van der Waals surface area contributed by atoms with Gasteiger partial charge in [0.1, 0.15) is 0 Å². The summed E-state index contributed by atoms with van der Waals surface area (Å²) in [4.78, 5) is 0. The second-order valence-corrected chi connectivity index (χ2v) is 8.97. The van der Waals surface area contributed by atoms with E-state index >= 15 is 0 Å². The van der Waals surface area contributed by atoms with Gasteiger partial charge in [-0.3, -0.25) is 0 Å². The molecule has 0 aliphatic rings. The van der Waals surface area contributed by atoms with E-state index < -0.39 is 23.8 Å². The van der Waals surface area contributed by atoms with E-state index in [2.05, 4.69) is 0 Å². The maximum Gasteiger partial charge on any atom is 1.00 e. The van der Waals surface area contributed by atoms with Gasteiger partial charge in [0, 0.05) is 11.5 Å². The number of sulfone groups is 2. The monoisotopic (exact) mass is 322 g/mol. The molecule has 0 heterocycles. The predicted octanol–water partition coefficient (Wildman–Crippen LogP) is -1.90. The van der Waals surface area contributed by atoms with Gasteiger partial charge in [0.15, 0.2) is 23.8 Å². The lowest BCUT2D eigenvalue weighted by Gasteiger charge is -2.26. The maximum atomic E-state index is 11.7. The molecule has 0 N–H and O–H groups in total. The molecule has 0 rings (SSSR count). The molecule has 0 unspecified atom stereocenters. The average molecular weight is 323 g/mol. The minimum atomic E-state index is -3.57. The zero-order valence-corrected chi connectivity index (χ0v) is 12.7. The van der Waals surface area contributed by atoms with Crippen LogP contribution in [-0.4, -0.2) is 32.4 Å². The third-order valence-corrected chi connectivity index (χ3v) is 8.97. The Labute approximate surface area is 105 Å². The number of hydrogen-bond acceptors (Lipinski definition) is 4. The van der Waals surface area contributed by atoms with E-state index in [1.807, 2.05) is 0 Å². The normalized spacial score (nSPS) is 13.3. The molecule has 0 aliphatic carbocycles. The first-order valence-electron chi connectivity index (χ1n) is 4.63. The summed E-state index contributed by atoms with van der Waals surface area (Å²) in [6.07, 6.45) is 0.0966. The van der Waals surface area contributed by atoms with Crippen LogP contribution in [0.25, 0.3) is 0 Å². The second kappa shape index (κ2) is 5.63. The summed E-state index contributed by atoms with van der Waals surface area (Å²) >= 11 is 0. The van der Waals surface area contributed by atoms with E-state index in [0.29, 0.717) is 0 Å². The summed E-state index contributed by atoms with van der Waals surface area (Å²) in [5.74, 6) is -0.285. The fourth-order valence-electron chi connectivity index (χ4n) is 1.24. The van der Waals surface area contributed by atoms with Crippen LogP contribution < -0.4 is 17.0 Å². The van der Waals surface area contributed by atoms with Crippen LogP contribution in [0.2, 0.25) is 0 Å². The second-order valence-electron chi connectivity index (χ2n) is 3.29. The highest BCUT2D eigenvalue weighted by Crippen LogP contribution is 2.29. The lowest BCUT2D eigenvalue weighted by molar-refractivity contribution is -0.00000790. The molecular formula is C8H19BrO4S2. The van der Waals surface area contributed by atoms with Gasteiger partial charge in [-0.2, -0.15) is 0 Å². The summed E-state index contributed by atoms with van der Waals surface area (Å²) < 4.78 is 45.1. The highest BCUT2D eigenvalue weighted by atomic mass is 79.9. The van der Waals surface area contributed by atoms with E-state index in [0.717, 1.165) is 0 Å². The molecule has 15 heavy (non-hydrogen) atoms.